The smallest absolute Gasteiger partial charge is 0.226 e. The molecular weight excluding hydrogens is 311 g/mol. The van der Waals surface area contributed by atoms with Gasteiger partial charge in [-0.15, -0.1) is 0 Å². The van der Waals surface area contributed by atoms with Crippen molar-refractivity contribution in [2.75, 3.05) is 33.3 Å². The third kappa shape index (κ3) is 4.77. The van der Waals surface area contributed by atoms with Crippen LogP contribution in [-0.4, -0.2) is 44.1 Å². The van der Waals surface area contributed by atoms with Crippen molar-refractivity contribution in [2.24, 2.45) is 5.92 Å². The van der Waals surface area contributed by atoms with Crippen LogP contribution >= 0.6 is 23.2 Å². The zero-order chi connectivity index (χ0) is 15.2. The molecule has 21 heavy (non-hydrogen) atoms. The van der Waals surface area contributed by atoms with Crippen LogP contribution in [0.1, 0.15) is 12.8 Å². The van der Waals surface area contributed by atoms with E-state index >= 15 is 0 Å². The molecule has 6 heteroatoms. The molecule has 4 nitrogen and oxygen atoms in total. The topological polar surface area (TPSA) is 41.6 Å². The SMILES string of the molecule is CNCC1CCN(C(=O)CCOc2ccc(Cl)cc2Cl)C1. The Morgan fingerprint density at radius 1 is 1.48 bits per heavy atom. The van der Waals surface area contributed by atoms with Gasteiger partial charge in [-0.1, -0.05) is 23.2 Å². The van der Waals surface area contributed by atoms with Crippen LogP contribution in [0.2, 0.25) is 10.0 Å². The van der Waals surface area contributed by atoms with Gasteiger partial charge in [0.05, 0.1) is 18.1 Å². The van der Waals surface area contributed by atoms with E-state index in [1.165, 1.54) is 0 Å². The van der Waals surface area contributed by atoms with Gasteiger partial charge in [-0.2, -0.15) is 0 Å². The van der Waals surface area contributed by atoms with Crippen molar-refractivity contribution >= 4 is 29.1 Å². The lowest BCUT2D eigenvalue weighted by Gasteiger charge is -2.17. The van der Waals surface area contributed by atoms with E-state index in [4.69, 9.17) is 27.9 Å². The number of rotatable bonds is 6. The molecule has 1 heterocycles. The second-order valence-corrected chi connectivity index (χ2v) is 6.07. The number of carbonyl (C=O) groups excluding carboxylic acids is 1. The zero-order valence-electron chi connectivity index (χ0n) is 12.1. The molecule has 0 aromatic heterocycles. The second kappa shape index (κ2) is 7.87. The fourth-order valence-electron chi connectivity index (χ4n) is 2.51. The highest BCUT2D eigenvalue weighted by Gasteiger charge is 2.25. The van der Waals surface area contributed by atoms with Crippen LogP contribution in [0.3, 0.4) is 0 Å². The molecule has 0 radical (unpaired) electrons. The summed E-state index contributed by atoms with van der Waals surface area (Å²) in [5.74, 6) is 1.26. The fourth-order valence-corrected chi connectivity index (χ4v) is 2.98. The molecule has 0 spiro atoms. The molecular formula is C15H20Cl2N2O2. The van der Waals surface area contributed by atoms with Crippen LogP contribution in [0.4, 0.5) is 0 Å². The number of nitrogens with zero attached hydrogens (tertiary/aromatic N) is 1. The van der Waals surface area contributed by atoms with E-state index in [0.717, 1.165) is 26.1 Å². The number of carbonyl (C=O) groups is 1. The number of hydrogen-bond acceptors (Lipinski definition) is 3. The van der Waals surface area contributed by atoms with Crippen LogP contribution < -0.4 is 10.1 Å². The molecule has 0 aliphatic carbocycles. The fraction of sp³-hybridized carbons (Fsp3) is 0.533. The Balaban J connectivity index is 1.74. The van der Waals surface area contributed by atoms with E-state index in [2.05, 4.69) is 5.32 Å². The summed E-state index contributed by atoms with van der Waals surface area (Å²) < 4.78 is 5.55. The molecule has 0 bridgehead atoms. The van der Waals surface area contributed by atoms with Gasteiger partial charge >= 0.3 is 0 Å². The predicted molar refractivity (Wildman–Crippen MR) is 85.2 cm³/mol. The third-order valence-corrected chi connectivity index (χ3v) is 4.13. The molecule has 2 rings (SSSR count). The van der Waals surface area contributed by atoms with Crippen molar-refractivity contribution in [1.29, 1.82) is 0 Å². The van der Waals surface area contributed by atoms with Crippen LogP contribution in [-0.2, 0) is 4.79 Å². The van der Waals surface area contributed by atoms with Gasteiger partial charge in [0, 0.05) is 18.1 Å². The zero-order valence-corrected chi connectivity index (χ0v) is 13.6. The number of hydrogen-bond donors (Lipinski definition) is 1. The minimum absolute atomic E-state index is 0.138. The molecule has 0 saturated carbocycles. The second-order valence-electron chi connectivity index (χ2n) is 5.23. The van der Waals surface area contributed by atoms with Gasteiger partial charge in [0.25, 0.3) is 0 Å². The summed E-state index contributed by atoms with van der Waals surface area (Å²) in [5, 5.41) is 4.19. The molecule has 116 valence electrons. The van der Waals surface area contributed by atoms with Crippen molar-refractivity contribution < 1.29 is 9.53 Å². The predicted octanol–water partition coefficient (Wildman–Crippen LogP) is 2.83. The molecule has 1 saturated heterocycles. The van der Waals surface area contributed by atoms with Crippen LogP contribution in [0.25, 0.3) is 0 Å². The highest BCUT2D eigenvalue weighted by Crippen LogP contribution is 2.27. The Hall–Kier alpha value is -0.970. The minimum Gasteiger partial charge on any atom is -0.491 e. The third-order valence-electron chi connectivity index (χ3n) is 3.60. The van der Waals surface area contributed by atoms with Crippen molar-refractivity contribution in [3.8, 4) is 5.75 Å². The summed E-state index contributed by atoms with van der Waals surface area (Å²) in [6.07, 6.45) is 1.43. The number of halogens is 2. The van der Waals surface area contributed by atoms with Gasteiger partial charge in [0.15, 0.2) is 0 Å². The van der Waals surface area contributed by atoms with Gasteiger partial charge in [0.1, 0.15) is 5.75 Å². The lowest BCUT2D eigenvalue weighted by Crippen LogP contribution is -2.31. The quantitative estimate of drug-likeness (QED) is 0.872. The van der Waals surface area contributed by atoms with Gasteiger partial charge in [-0.05, 0) is 44.1 Å². The van der Waals surface area contributed by atoms with Crippen molar-refractivity contribution in [3.63, 3.8) is 0 Å². The van der Waals surface area contributed by atoms with Crippen LogP contribution in [0.5, 0.6) is 5.75 Å². The Kier molecular flexibility index (Phi) is 6.15. The summed E-state index contributed by atoms with van der Waals surface area (Å²) in [6, 6.07) is 5.06. The van der Waals surface area contributed by atoms with Crippen molar-refractivity contribution in [1.82, 2.24) is 10.2 Å². The van der Waals surface area contributed by atoms with Crippen molar-refractivity contribution in [3.05, 3.63) is 28.2 Å². The van der Waals surface area contributed by atoms with E-state index in [-0.39, 0.29) is 5.91 Å². The average molecular weight is 331 g/mol. The maximum atomic E-state index is 12.1. The van der Waals surface area contributed by atoms with Gasteiger partial charge in [-0.25, -0.2) is 0 Å². The van der Waals surface area contributed by atoms with E-state index < -0.39 is 0 Å². The van der Waals surface area contributed by atoms with Gasteiger partial charge in [-0.3, -0.25) is 4.79 Å². The summed E-state index contributed by atoms with van der Waals surface area (Å²) in [5.41, 5.74) is 0. The summed E-state index contributed by atoms with van der Waals surface area (Å²) in [6.45, 7) is 2.96. The average Bonchev–Trinajstić information content (AvgIpc) is 2.90. The Bertz CT molecular complexity index is 497. The molecule has 1 fully saturated rings. The molecule has 1 aromatic rings. The number of likely N-dealkylation sites (tertiary alicyclic amines) is 1. The lowest BCUT2D eigenvalue weighted by atomic mass is 10.1. The molecule has 1 atom stereocenters. The standard InChI is InChI=1S/C15H20Cl2N2O2/c1-18-9-11-4-6-19(10-11)15(20)5-7-21-14-3-2-12(16)8-13(14)17/h2-3,8,11,18H,4-7,9-10H2,1H3. The molecule has 1 unspecified atom stereocenters. The first-order chi connectivity index (χ1) is 10.1. The number of benzene rings is 1. The van der Waals surface area contributed by atoms with E-state index in [0.29, 0.717) is 34.7 Å². The Labute approximate surface area is 135 Å². The molecule has 1 aliphatic heterocycles. The molecule has 1 amide bonds. The summed E-state index contributed by atoms with van der Waals surface area (Å²) >= 11 is 11.8. The molecule has 1 aliphatic rings. The Morgan fingerprint density at radius 3 is 3.00 bits per heavy atom. The summed E-state index contributed by atoms with van der Waals surface area (Å²) in [4.78, 5) is 14.0. The lowest BCUT2D eigenvalue weighted by molar-refractivity contribution is -0.130. The van der Waals surface area contributed by atoms with E-state index in [1.54, 1.807) is 18.2 Å². The van der Waals surface area contributed by atoms with E-state index in [9.17, 15) is 4.79 Å². The van der Waals surface area contributed by atoms with Gasteiger partial charge < -0.3 is 15.0 Å². The Morgan fingerprint density at radius 2 is 2.29 bits per heavy atom. The first kappa shape index (κ1) is 16.4. The van der Waals surface area contributed by atoms with E-state index in [1.807, 2.05) is 11.9 Å². The van der Waals surface area contributed by atoms with Crippen LogP contribution in [0.15, 0.2) is 18.2 Å². The number of ether oxygens (including phenoxy) is 1. The van der Waals surface area contributed by atoms with Crippen molar-refractivity contribution in [2.45, 2.75) is 12.8 Å². The monoisotopic (exact) mass is 330 g/mol. The largest absolute Gasteiger partial charge is 0.491 e. The highest BCUT2D eigenvalue weighted by atomic mass is 35.5. The highest BCUT2D eigenvalue weighted by molar-refractivity contribution is 6.35. The number of nitrogens with one attached hydrogen (secondary N) is 1. The number of amides is 1. The normalized spacial score (nSPS) is 18.0. The van der Waals surface area contributed by atoms with Gasteiger partial charge in [0.2, 0.25) is 5.91 Å². The van der Waals surface area contributed by atoms with Crippen LogP contribution in [0, 0.1) is 5.92 Å². The first-order valence-electron chi connectivity index (χ1n) is 7.10. The molecule has 1 N–H and O–H groups in total. The molecule has 1 aromatic carbocycles. The first-order valence-corrected chi connectivity index (χ1v) is 7.86. The minimum atomic E-state index is 0.138. The maximum absolute atomic E-state index is 12.1. The maximum Gasteiger partial charge on any atom is 0.226 e. The summed E-state index contributed by atoms with van der Waals surface area (Å²) in [7, 11) is 1.94.